The maximum atomic E-state index is 12.7. The summed E-state index contributed by atoms with van der Waals surface area (Å²) in [6.45, 7) is 8.27. The standard InChI is InChI=1S/C21H30N4O2/c1-2-22-20(25-11-8-21(15-25)9-12-27-16-21)23-13-19(26)24-10-7-17-5-3-4-6-18(17)14-24/h3-6H,2,7-16H2,1H3,(H,22,23). The van der Waals surface area contributed by atoms with Crippen LogP contribution in [0.5, 0.6) is 0 Å². The van der Waals surface area contributed by atoms with Crippen LogP contribution in [0.15, 0.2) is 29.3 Å². The summed E-state index contributed by atoms with van der Waals surface area (Å²) in [5.74, 6) is 0.977. The van der Waals surface area contributed by atoms with Gasteiger partial charge < -0.3 is 19.9 Å². The van der Waals surface area contributed by atoms with E-state index in [2.05, 4.69) is 40.3 Å². The van der Waals surface area contributed by atoms with E-state index < -0.39 is 0 Å². The summed E-state index contributed by atoms with van der Waals surface area (Å²) >= 11 is 0. The first-order chi connectivity index (χ1) is 13.2. The van der Waals surface area contributed by atoms with E-state index in [9.17, 15) is 4.79 Å². The van der Waals surface area contributed by atoms with Crippen LogP contribution in [0.2, 0.25) is 0 Å². The van der Waals surface area contributed by atoms with Gasteiger partial charge in [-0.1, -0.05) is 24.3 Å². The number of nitrogens with zero attached hydrogens (tertiary/aromatic N) is 3. The number of likely N-dealkylation sites (tertiary alicyclic amines) is 1. The molecule has 0 aromatic heterocycles. The molecule has 4 rings (SSSR count). The lowest BCUT2D eigenvalue weighted by Gasteiger charge is -2.29. The number of amides is 1. The van der Waals surface area contributed by atoms with Crippen LogP contribution in [0.4, 0.5) is 0 Å². The van der Waals surface area contributed by atoms with Gasteiger partial charge in [-0.05, 0) is 37.3 Å². The summed E-state index contributed by atoms with van der Waals surface area (Å²) in [4.78, 5) is 21.7. The number of hydrogen-bond acceptors (Lipinski definition) is 3. The largest absolute Gasteiger partial charge is 0.381 e. The first kappa shape index (κ1) is 18.3. The van der Waals surface area contributed by atoms with Crippen LogP contribution >= 0.6 is 0 Å². The molecule has 1 aromatic carbocycles. The van der Waals surface area contributed by atoms with E-state index in [4.69, 9.17) is 4.74 Å². The average molecular weight is 370 g/mol. The predicted molar refractivity (Wildman–Crippen MR) is 106 cm³/mol. The van der Waals surface area contributed by atoms with Crippen LogP contribution in [0, 0.1) is 5.41 Å². The molecule has 1 atom stereocenters. The van der Waals surface area contributed by atoms with Crippen LogP contribution in [0.25, 0.3) is 0 Å². The molecule has 0 bridgehead atoms. The quantitative estimate of drug-likeness (QED) is 0.649. The molecule has 146 valence electrons. The Labute approximate surface area is 161 Å². The molecule has 0 aliphatic carbocycles. The Morgan fingerprint density at radius 3 is 2.85 bits per heavy atom. The van der Waals surface area contributed by atoms with Gasteiger partial charge >= 0.3 is 0 Å². The van der Waals surface area contributed by atoms with Crippen LogP contribution in [-0.4, -0.2) is 67.6 Å². The number of ether oxygens (including phenoxy) is 1. The van der Waals surface area contributed by atoms with Crippen molar-refractivity contribution in [2.45, 2.75) is 32.7 Å². The summed E-state index contributed by atoms with van der Waals surface area (Å²) in [6, 6.07) is 8.40. The van der Waals surface area contributed by atoms with E-state index >= 15 is 0 Å². The maximum Gasteiger partial charge on any atom is 0.244 e. The molecule has 6 heteroatoms. The molecule has 3 heterocycles. The van der Waals surface area contributed by atoms with Gasteiger partial charge in [0.25, 0.3) is 0 Å². The smallest absolute Gasteiger partial charge is 0.244 e. The lowest BCUT2D eigenvalue weighted by molar-refractivity contribution is -0.130. The minimum Gasteiger partial charge on any atom is -0.381 e. The summed E-state index contributed by atoms with van der Waals surface area (Å²) in [5.41, 5.74) is 2.91. The van der Waals surface area contributed by atoms with Gasteiger partial charge in [0.05, 0.1) is 6.61 Å². The minimum absolute atomic E-state index is 0.109. The molecule has 0 saturated carbocycles. The Morgan fingerprint density at radius 2 is 2.07 bits per heavy atom. The van der Waals surface area contributed by atoms with Gasteiger partial charge in [0, 0.05) is 44.7 Å². The number of hydrogen-bond donors (Lipinski definition) is 1. The zero-order chi connectivity index (χ0) is 18.7. The molecule has 2 fully saturated rings. The molecule has 2 saturated heterocycles. The number of fused-ring (bicyclic) bond motifs is 1. The van der Waals surface area contributed by atoms with Gasteiger partial charge in [-0.15, -0.1) is 0 Å². The number of aliphatic imine (C=N–C) groups is 1. The Balaban J connectivity index is 1.38. The number of benzene rings is 1. The van der Waals surface area contributed by atoms with Crippen LogP contribution in [-0.2, 0) is 22.5 Å². The van der Waals surface area contributed by atoms with E-state index in [-0.39, 0.29) is 17.9 Å². The topological polar surface area (TPSA) is 57.2 Å². The van der Waals surface area contributed by atoms with E-state index in [0.29, 0.717) is 6.54 Å². The first-order valence-electron chi connectivity index (χ1n) is 10.1. The van der Waals surface area contributed by atoms with Crippen molar-refractivity contribution in [1.82, 2.24) is 15.1 Å². The van der Waals surface area contributed by atoms with Crippen molar-refractivity contribution in [3.8, 4) is 0 Å². The molecule has 27 heavy (non-hydrogen) atoms. The van der Waals surface area contributed by atoms with Crippen molar-refractivity contribution in [3.63, 3.8) is 0 Å². The molecule has 1 spiro atoms. The fourth-order valence-corrected chi connectivity index (χ4v) is 4.46. The summed E-state index contributed by atoms with van der Waals surface area (Å²) in [5, 5.41) is 3.37. The molecule has 1 aromatic rings. The van der Waals surface area contributed by atoms with E-state index in [0.717, 1.165) is 64.6 Å². The lowest BCUT2D eigenvalue weighted by Crippen LogP contribution is -2.43. The van der Waals surface area contributed by atoms with Gasteiger partial charge in [0.1, 0.15) is 6.54 Å². The van der Waals surface area contributed by atoms with Gasteiger partial charge in [0.2, 0.25) is 5.91 Å². The number of carbonyl (C=O) groups excluding carboxylic acids is 1. The molecule has 1 unspecified atom stereocenters. The van der Waals surface area contributed by atoms with E-state index in [1.807, 2.05) is 11.0 Å². The molecule has 3 aliphatic rings. The van der Waals surface area contributed by atoms with Gasteiger partial charge in [0.15, 0.2) is 5.96 Å². The van der Waals surface area contributed by atoms with Gasteiger partial charge in [-0.25, -0.2) is 4.99 Å². The molecular formula is C21H30N4O2. The molecule has 0 radical (unpaired) electrons. The van der Waals surface area contributed by atoms with Crippen molar-refractivity contribution in [3.05, 3.63) is 35.4 Å². The number of guanidine groups is 1. The normalized spacial score (nSPS) is 25.1. The second kappa shape index (κ2) is 7.89. The number of carbonyl (C=O) groups is 1. The number of rotatable bonds is 3. The monoisotopic (exact) mass is 370 g/mol. The zero-order valence-corrected chi connectivity index (χ0v) is 16.2. The highest BCUT2D eigenvalue weighted by Crippen LogP contribution is 2.38. The second-order valence-electron chi connectivity index (χ2n) is 7.98. The highest BCUT2D eigenvalue weighted by Gasteiger charge is 2.42. The Kier molecular flexibility index (Phi) is 5.34. The lowest BCUT2D eigenvalue weighted by atomic mass is 9.87. The van der Waals surface area contributed by atoms with Crippen molar-refractivity contribution < 1.29 is 9.53 Å². The molecular weight excluding hydrogens is 340 g/mol. The Hall–Kier alpha value is -2.08. The van der Waals surface area contributed by atoms with Crippen LogP contribution < -0.4 is 5.32 Å². The van der Waals surface area contributed by atoms with E-state index in [1.165, 1.54) is 11.1 Å². The van der Waals surface area contributed by atoms with Crippen molar-refractivity contribution in [1.29, 1.82) is 0 Å². The van der Waals surface area contributed by atoms with Gasteiger partial charge in [-0.3, -0.25) is 4.79 Å². The summed E-state index contributed by atoms with van der Waals surface area (Å²) < 4.78 is 5.63. The Bertz CT molecular complexity index is 712. The zero-order valence-electron chi connectivity index (χ0n) is 16.2. The Morgan fingerprint density at radius 1 is 1.22 bits per heavy atom. The first-order valence-corrected chi connectivity index (χ1v) is 10.1. The molecule has 1 amide bonds. The second-order valence-corrected chi connectivity index (χ2v) is 7.98. The fourth-order valence-electron chi connectivity index (χ4n) is 4.46. The molecule has 6 nitrogen and oxygen atoms in total. The molecule has 3 aliphatic heterocycles. The van der Waals surface area contributed by atoms with Gasteiger partial charge in [-0.2, -0.15) is 0 Å². The third-order valence-electron chi connectivity index (χ3n) is 6.11. The third-order valence-corrected chi connectivity index (χ3v) is 6.11. The predicted octanol–water partition coefficient (Wildman–Crippen LogP) is 1.65. The SMILES string of the molecule is CCNC(=NCC(=O)N1CCc2ccccc2C1)N1CCC2(CCOC2)C1. The van der Waals surface area contributed by atoms with Crippen LogP contribution in [0.1, 0.15) is 30.9 Å². The van der Waals surface area contributed by atoms with E-state index in [1.54, 1.807) is 0 Å². The highest BCUT2D eigenvalue weighted by atomic mass is 16.5. The van der Waals surface area contributed by atoms with Crippen molar-refractivity contribution in [2.75, 3.05) is 45.9 Å². The highest BCUT2D eigenvalue weighted by molar-refractivity contribution is 5.85. The maximum absolute atomic E-state index is 12.7. The minimum atomic E-state index is 0.109. The third kappa shape index (κ3) is 3.95. The number of nitrogens with one attached hydrogen (secondary N) is 1. The van der Waals surface area contributed by atoms with Crippen LogP contribution in [0.3, 0.4) is 0 Å². The van der Waals surface area contributed by atoms with Crippen molar-refractivity contribution in [2.24, 2.45) is 10.4 Å². The summed E-state index contributed by atoms with van der Waals surface area (Å²) in [7, 11) is 0. The summed E-state index contributed by atoms with van der Waals surface area (Å²) in [6.07, 6.45) is 3.21. The average Bonchev–Trinajstić information content (AvgIpc) is 3.34. The molecule has 1 N–H and O–H groups in total. The van der Waals surface area contributed by atoms with Crippen molar-refractivity contribution >= 4 is 11.9 Å². The fraction of sp³-hybridized carbons (Fsp3) is 0.619.